The van der Waals surface area contributed by atoms with E-state index in [2.05, 4.69) is 5.32 Å². The highest BCUT2D eigenvalue weighted by atomic mass is 32.2. The molecule has 1 N–H and O–H groups in total. The lowest BCUT2D eigenvalue weighted by molar-refractivity contribution is -0.140. The molecule has 1 fully saturated rings. The molecular weight excluding hydrogens is 642 g/mol. The number of anilines is 1. The van der Waals surface area contributed by atoms with Crippen molar-refractivity contribution in [3.8, 4) is 5.75 Å². The summed E-state index contributed by atoms with van der Waals surface area (Å²) < 4.78 is 48.9. The summed E-state index contributed by atoms with van der Waals surface area (Å²) >= 11 is 0. The van der Waals surface area contributed by atoms with Crippen molar-refractivity contribution in [3.05, 3.63) is 126 Å². The topological polar surface area (TPSA) is 96.0 Å². The first-order chi connectivity index (χ1) is 23.7. The Morgan fingerprint density at radius 1 is 0.878 bits per heavy atom. The molecular formula is C39H44FN3O5S. The number of halogens is 1. The smallest absolute Gasteiger partial charge is 0.264 e. The molecule has 0 saturated heterocycles. The number of aryl methyl sites for hydroxylation is 1. The fourth-order valence-electron chi connectivity index (χ4n) is 6.21. The van der Waals surface area contributed by atoms with Crippen LogP contribution in [0.5, 0.6) is 5.75 Å². The number of nitrogens with one attached hydrogen (secondary N) is 1. The van der Waals surface area contributed by atoms with Gasteiger partial charge in [-0.3, -0.25) is 13.9 Å². The summed E-state index contributed by atoms with van der Waals surface area (Å²) in [7, 11) is -4.36. The molecule has 1 saturated carbocycles. The van der Waals surface area contributed by atoms with E-state index in [-0.39, 0.29) is 35.5 Å². The number of rotatable bonds is 14. The van der Waals surface area contributed by atoms with Crippen molar-refractivity contribution in [1.82, 2.24) is 10.2 Å². The number of sulfonamides is 1. The maximum atomic E-state index is 14.7. The molecule has 1 aliphatic rings. The van der Waals surface area contributed by atoms with Gasteiger partial charge >= 0.3 is 0 Å². The quantitative estimate of drug-likeness (QED) is 0.157. The Labute approximate surface area is 289 Å². The number of carbonyl (C=O) groups excluding carboxylic acids is 2. The van der Waals surface area contributed by atoms with Gasteiger partial charge in [0, 0.05) is 19.0 Å². The van der Waals surface area contributed by atoms with Crippen LogP contribution in [0, 0.1) is 12.7 Å². The first-order valence-corrected chi connectivity index (χ1v) is 18.3. The lowest BCUT2D eigenvalue weighted by atomic mass is 9.94. The Bertz CT molecular complexity index is 1790. The van der Waals surface area contributed by atoms with Crippen LogP contribution in [0.3, 0.4) is 0 Å². The summed E-state index contributed by atoms with van der Waals surface area (Å²) in [5.41, 5.74) is 2.88. The number of amides is 2. The fourth-order valence-corrected chi connectivity index (χ4v) is 7.62. The number of hydrogen-bond acceptors (Lipinski definition) is 5. The highest BCUT2D eigenvalue weighted by Gasteiger charge is 2.35. The highest BCUT2D eigenvalue weighted by molar-refractivity contribution is 7.92. The maximum Gasteiger partial charge on any atom is 0.264 e. The van der Waals surface area contributed by atoms with Gasteiger partial charge in [0.15, 0.2) is 0 Å². The van der Waals surface area contributed by atoms with Crippen molar-refractivity contribution < 1.29 is 27.1 Å². The van der Waals surface area contributed by atoms with Crippen LogP contribution in [0.1, 0.15) is 55.7 Å². The van der Waals surface area contributed by atoms with Crippen molar-refractivity contribution in [2.45, 2.75) is 75.9 Å². The molecule has 5 rings (SSSR count). The zero-order chi connectivity index (χ0) is 34.8. The summed E-state index contributed by atoms with van der Waals surface area (Å²) in [4.78, 5) is 30.3. The molecule has 1 atom stereocenters. The Balaban J connectivity index is 1.57. The zero-order valence-corrected chi connectivity index (χ0v) is 28.9. The molecule has 258 valence electrons. The van der Waals surface area contributed by atoms with E-state index in [0.29, 0.717) is 12.4 Å². The van der Waals surface area contributed by atoms with Crippen LogP contribution >= 0.6 is 0 Å². The van der Waals surface area contributed by atoms with E-state index in [9.17, 15) is 22.4 Å². The molecule has 0 heterocycles. The summed E-state index contributed by atoms with van der Waals surface area (Å²) in [6.45, 7) is 3.71. The molecule has 0 aromatic heterocycles. The van der Waals surface area contributed by atoms with Gasteiger partial charge in [-0.1, -0.05) is 73.9 Å². The second kappa shape index (κ2) is 16.6. The minimum atomic E-state index is -4.36. The van der Waals surface area contributed by atoms with E-state index in [1.807, 2.05) is 68.4 Å². The van der Waals surface area contributed by atoms with Gasteiger partial charge in [0.05, 0.1) is 17.2 Å². The Hall–Kier alpha value is -4.70. The van der Waals surface area contributed by atoms with Gasteiger partial charge in [-0.05, 0) is 91.9 Å². The van der Waals surface area contributed by atoms with Gasteiger partial charge in [-0.15, -0.1) is 0 Å². The summed E-state index contributed by atoms with van der Waals surface area (Å²) in [6.07, 6.45) is 5.16. The van der Waals surface area contributed by atoms with E-state index in [1.165, 1.54) is 17.0 Å². The number of benzene rings is 4. The first kappa shape index (κ1) is 35.6. The predicted molar refractivity (Wildman–Crippen MR) is 189 cm³/mol. The SMILES string of the molecule is CCOc1ccc(N(CC(=O)N(Cc2ccccc2C)C(Cc2ccccc2)C(=O)NC2CCCCC2)S(=O)(=O)c2ccc(F)cc2)cc1. The Morgan fingerprint density at radius 3 is 2.18 bits per heavy atom. The van der Waals surface area contributed by atoms with Crippen LogP contribution < -0.4 is 14.4 Å². The van der Waals surface area contributed by atoms with Gasteiger partial charge in [0.2, 0.25) is 11.8 Å². The largest absolute Gasteiger partial charge is 0.494 e. The molecule has 8 nitrogen and oxygen atoms in total. The minimum absolute atomic E-state index is 0.00847. The number of hydrogen-bond donors (Lipinski definition) is 1. The van der Waals surface area contributed by atoms with Gasteiger partial charge in [0.1, 0.15) is 24.2 Å². The zero-order valence-electron chi connectivity index (χ0n) is 28.1. The normalized spacial score (nSPS) is 14.1. The van der Waals surface area contributed by atoms with E-state index in [1.54, 1.807) is 24.3 Å². The molecule has 0 radical (unpaired) electrons. The molecule has 0 bridgehead atoms. The molecule has 1 unspecified atom stereocenters. The predicted octanol–water partition coefficient (Wildman–Crippen LogP) is 6.82. The highest BCUT2D eigenvalue weighted by Crippen LogP contribution is 2.28. The molecule has 10 heteroatoms. The van der Waals surface area contributed by atoms with Crippen LogP contribution in [0.2, 0.25) is 0 Å². The van der Waals surface area contributed by atoms with Crippen LogP contribution in [-0.2, 0) is 32.6 Å². The molecule has 4 aromatic carbocycles. The monoisotopic (exact) mass is 685 g/mol. The average molecular weight is 686 g/mol. The molecule has 49 heavy (non-hydrogen) atoms. The standard InChI is InChI=1S/C39H44FN3O5S/c1-3-48-35-22-20-34(21-23-35)43(49(46,47)36-24-18-32(40)19-25-36)28-38(44)42(27-31-15-11-10-12-29(31)2)37(26-30-13-6-4-7-14-30)39(45)41-33-16-8-5-9-17-33/h4,6-7,10-15,18-25,33,37H,3,5,8-9,16-17,26-28H2,1-2H3,(H,41,45). The molecule has 0 spiro atoms. The van der Waals surface area contributed by atoms with Gasteiger partial charge in [-0.2, -0.15) is 0 Å². The lowest BCUT2D eigenvalue weighted by Gasteiger charge is -2.35. The van der Waals surface area contributed by atoms with Crippen molar-refractivity contribution in [2.75, 3.05) is 17.5 Å². The summed E-state index contributed by atoms with van der Waals surface area (Å²) in [6, 6.07) is 27.2. The number of nitrogens with zero attached hydrogens (tertiary/aromatic N) is 2. The average Bonchev–Trinajstić information content (AvgIpc) is 3.11. The summed E-state index contributed by atoms with van der Waals surface area (Å²) in [5, 5.41) is 3.23. The van der Waals surface area contributed by atoms with Crippen molar-refractivity contribution in [3.63, 3.8) is 0 Å². The number of ether oxygens (including phenoxy) is 1. The Kier molecular flexibility index (Phi) is 12.1. The Morgan fingerprint density at radius 2 is 1.53 bits per heavy atom. The molecule has 4 aromatic rings. The van der Waals surface area contributed by atoms with Crippen LogP contribution in [-0.4, -0.2) is 50.4 Å². The van der Waals surface area contributed by atoms with Crippen molar-refractivity contribution >= 4 is 27.5 Å². The van der Waals surface area contributed by atoms with Crippen molar-refractivity contribution in [2.24, 2.45) is 0 Å². The molecule has 0 aliphatic heterocycles. The first-order valence-electron chi connectivity index (χ1n) is 16.8. The second-order valence-electron chi connectivity index (χ2n) is 12.4. The van der Waals surface area contributed by atoms with Crippen LogP contribution in [0.4, 0.5) is 10.1 Å². The third kappa shape index (κ3) is 9.26. The third-order valence-corrected chi connectivity index (χ3v) is 10.7. The van der Waals surface area contributed by atoms with Gasteiger partial charge in [0.25, 0.3) is 10.0 Å². The fraction of sp³-hybridized carbons (Fsp3) is 0.333. The van der Waals surface area contributed by atoms with E-state index < -0.39 is 34.3 Å². The van der Waals surface area contributed by atoms with E-state index in [0.717, 1.165) is 65.2 Å². The second-order valence-corrected chi connectivity index (χ2v) is 14.3. The van der Waals surface area contributed by atoms with E-state index >= 15 is 0 Å². The molecule has 1 aliphatic carbocycles. The van der Waals surface area contributed by atoms with Crippen molar-refractivity contribution in [1.29, 1.82) is 0 Å². The van der Waals surface area contributed by atoms with E-state index in [4.69, 9.17) is 4.74 Å². The van der Waals surface area contributed by atoms with Crippen LogP contribution in [0.15, 0.2) is 108 Å². The number of carbonyl (C=O) groups is 2. The minimum Gasteiger partial charge on any atom is -0.494 e. The maximum absolute atomic E-state index is 14.7. The van der Waals surface area contributed by atoms with Gasteiger partial charge in [-0.25, -0.2) is 12.8 Å². The van der Waals surface area contributed by atoms with Gasteiger partial charge < -0.3 is 15.0 Å². The third-order valence-electron chi connectivity index (χ3n) is 8.94. The molecule has 2 amide bonds. The van der Waals surface area contributed by atoms with Crippen LogP contribution in [0.25, 0.3) is 0 Å². The summed E-state index contributed by atoms with van der Waals surface area (Å²) in [5.74, 6) is -0.866. The lowest BCUT2D eigenvalue weighted by Crippen LogP contribution is -2.55.